The third-order valence-electron chi connectivity index (χ3n) is 2.08. The monoisotopic (exact) mass is 234 g/mol. The highest BCUT2D eigenvalue weighted by Gasteiger charge is 2.33. The maximum absolute atomic E-state index is 12.7. The molecule has 0 saturated carbocycles. The lowest BCUT2D eigenvalue weighted by atomic mass is 10.0. The number of halogens is 3. The Morgan fingerprint density at radius 1 is 1.31 bits per heavy atom. The van der Waals surface area contributed by atoms with Crippen molar-refractivity contribution in [2.75, 3.05) is 13.2 Å². The van der Waals surface area contributed by atoms with Gasteiger partial charge in [-0.05, 0) is 31.0 Å². The smallest absolute Gasteiger partial charge is 0.416 e. The maximum atomic E-state index is 12.7. The summed E-state index contributed by atoms with van der Waals surface area (Å²) in [5, 5.41) is 8.68. The molecule has 90 valence electrons. The van der Waals surface area contributed by atoms with Crippen molar-refractivity contribution in [3.8, 4) is 5.75 Å². The minimum absolute atomic E-state index is 0.0127. The molecule has 2 nitrogen and oxygen atoms in total. The topological polar surface area (TPSA) is 29.5 Å². The molecule has 0 aliphatic heterocycles. The van der Waals surface area contributed by atoms with Gasteiger partial charge in [0.2, 0.25) is 0 Å². The van der Waals surface area contributed by atoms with Crippen LogP contribution in [-0.4, -0.2) is 18.3 Å². The third-order valence-corrected chi connectivity index (χ3v) is 2.08. The fourth-order valence-corrected chi connectivity index (χ4v) is 1.41. The molecular weight excluding hydrogens is 221 g/mol. The number of rotatable bonds is 4. The zero-order chi connectivity index (χ0) is 12.2. The highest BCUT2D eigenvalue weighted by Crippen LogP contribution is 2.34. The molecule has 0 radical (unpaired) electrons. The average molecular weight is 234 g/mol. The van der Waals surface area contributed by atoms with Crippen molar-refractivity contribution in [2.24, 2.45) is 0 Å². The van der Waals surface area contributed by atoms with Crippen molar-refractivity contribution in [3.05, 3.63) is 29.3 Å². The van der Waals surface area contributed by atoms with Gasteiger partial charge in [-0.1, -0.05) is 6.07 Å². The van der Waals surface area contributed by atoms with Gasteiger partial charge in [-0.2, -0.15) is 13.2 Å². The molecular formula is C11H13F3O2. The molecule has 0 bridgehead atoms. The molecule has 0 unspecified atom stereocenters. The van der Waals surface area contributed by atoms with Gasteiger partial charge in [-0.15, -0.1) is 0 Å². The molecule has 1 aromatic carbocycles. The third kappa shape index (κ3) is 3.13. The Balaban J connectivity index is 3.11. The van der Waals surface area contributed by atoms with Gasteiger partial charge < -0.3 is 9.84 Å². The van der Waals surface area contributed by atoms with Gasteiger partial charge in [0.15, 0.2) is 0 Å². The van der Waals surface area contributed by atoms with Crippen molar-refractivity contribution >= 4 is 0 Å². The first-order valence-corrected chi connectivity index (χ1v) is 4.92. The van der Waals surface area contributed by atoms with E-state index in [0.717, 1.165) is 6.07 Å². The summed E-state index contributed by atoms with van der Waals surface area (Å²) < 4.78 is 43.0. The number of aliphatic hydroxyl groups excluding tert-OH is 1. The Labute approximate surface area is 91.7 Å². The Morgan fingerprint density at radius 2 is 2.00 bits per heavy atom. The quantitative estimate of drug-likeness (QED) is 0.867. The zero-order valence-corrected chi connectivity index (χ0v) is 8.84. The van der Waals surface area contributed by atoms with Crippen molar-refractivity contribution < 1.29 is 23.0 Å². The molecule has 0 heterocycles. The Kier molecular flexibility index (Phi) is 4.18. The predicted octanol–water partition coefficient (Wildman–Crippen LogP) is 2.64. The number of hydrogen-bond donors (Lipinski definition) is 1. The molecule has 1 N–H and O–H groups in total. The van der Waals surface area contributed by atoms with Gasteiger partial charge in [0.1, 0.15) is 5.75 Å². The molecule has 0 aliphatic rings. The molecule has 0 atom stereocenters. The summed E-state index contributed by atoms with van der Waals surface area (Å²) in [6.07, 6.45) is -4.43. The summed E-state index contributed by atoms with van der Waals surface area (Å²) in [4.78, 5) is 0. The largest absolute Gasteiger partial charge is 0.494 e. The average Bonchev–Trinajstić information content (AvgIpc) is 2.19. The maximum Gasteiger partial charge on any atom is 0.416 e. The second-order valence-electron chi connectivity index (χ2n) is 3.22. The summed E-state index contributed by atoms with van der Waals surface area (Å²) in [6, 6.07) is 3.78. The highest BCUT2D eigenvalue weighted by molar-refractivity contribution is 5.37. The fourth-order valence-electron chi connectivity index (χ4n) is 1.41. The van der Waals surface area contributed by atoms with Gasteiger partial charge in [-0.3, -0.25) is 0 Å². The molecule has 5 heteroatoms. The summed E-state index contributed by atoms with van der Waals surface area (Å²) >= 11 is 0. The van der Waals surface area contributed by atoms with Gasteiger partial charge >= 0.3 is 6.18 Å². The van der Waals surface area contributed by atoms with Crippen LogP contribution in [0, 0.1) is 0 Å². The Hall–Kier alpha value is -1.23. The van der Waals surface area contributed by atoms with E-state index in [1.165, 1.54) is 12.1 Å². The van der Waals surface area contributed by atoms with Gasteiger partial charge in [0.25, 0.3) is 0 Å². The number of hydrogen-bond acceptors (Lipinski definition) is 2. The number of aliphatic hydroxyl groups is 1. The Bertz CT molecular complexity index is 348. The lowest BCUT2D eigenvalue weighted by molar-refractivity contribution is -0.138. The van der Waals surface area contributed by atoms with Crippen LogP contribution in [0.15, 0.2) is 18.2 Å². The second-order valence-corrected chi connectivity index (χ2v) is 3.22. The van der Waals surface area contributed by atoms with Crippen molar-refractivity contribution in [1.82, 2.24) is 0 Å². The number of benzene rings is 1. The first-order chi connectivity index (χ1) is 7.49. The molecule has 1 rings (SSSR count). The Morgan fingerprint density at radius 3 is 2.50 bits per heavy atom. The van der Waals surface area contributed by atoms with E-state index in [9.17, 15) is 13.2 Å². The van der Waals surface area contributed by atoms with Crippen LogP contribution >= 0.6 is 0 Å². The van der Waals surface area contributed by atoms with Gasteiger partial charge in [0, 0.05) is 6.61 Å². The van der Waals surface area contributed by atoms with E-state index in [0.29, 0.717) is 6.61 Å². The summed E-state index contributed by atoms with van der Waals surface area (Å²) in [7, 11) is 0. The van der Waals surface area contributed by atoms with Crippen LogP contribution in [0.4, 0.5) is 13.2 Å². The van der Waals surface area contributed by atoms with Crippen LogP contribution in [0.5, 0.6) is 5.75 Å². The van der Waals surface area contributed by atoms with E-state index in [2.05, 4.69) is 0 Å². The van der Waals surface area contributed by atoms with Gasteiger partial charge in [0.05, 0.1) is 12.2 Å². The lowest BCUT2D eigenvalue weighted by Crippen LogP contribution is -2.10. The molecule has 1 aromatic rings. The molecule has 0 amide bonds. The molecule has 0 fully saturated rings. The van der Waals surface area contributed by atoms with Crippen LogP contribution in [0.1, 0.15) is 18.1 Å². The first-order valence-electron chi connectivity index (χ1n) is 4.92. The summed E-state index contributed by atoms with van der Waals surface area (Å²) in [5.74, 6) is 0.191. The molecule has 0 saturated heterocycles. The zero-order valence-electron chi connectivity index (χ0n) is 8.84. The predicted molar refractivity (Wildman–Crippen MR) is 53.4 cm³/mol. The van der Waals surface area contributed by atoms with Crippen LogP contribution in [0.25, 0.3) is 0 Å². The first kappa shape index (κ1) is 12.8. The summed E-state index contributed by atoms with van der Waals surface area (Å²) in [6.45, 7) is 1.71. The van der Waals surface area contributed by atoms with Crippen LogP contribution < -0.4 is 4.74 Å². The van der Waals surface area contributed by atoms with Crippen LogP contribution in [0.2, 0.25) is 0 Å². The molecule has 16 heavy (non-hydrogen) atoms. The lowest BCUT2D eigenvalue weighted by Gasteiger charge is -2.14. The summed E-state index contributed by atoms with van der Waals surface area (Å²) in [5.41, 5.74) is -0.661. The standard InChI is InChI=1S/C11H13F3O2/c1-2-16-9-4-3-8(5-6-15)10(7-9)11(12,13)14/h3-4,7,15H,2,5-6H2,1H3. The van der Waals surface area contributed by atoms with E-state index in [1.807, 2.05) is 0 Å². The van der Waals surface area contributed by atoms with E-state index < -0.39 is 11.7 Å². The molecule has 0 spiro atoms. The highest BCUT2D eigenvalue weighted by atomic mass is 19.4. The second kappa shape index (κ2) is 5.21. The van der Waals surface area contributed by atoms with Crippen LogP contribution in [-0.2, 0) is 12.6 Å². The van der Waals surface area contributed by atoms with Gasteiger partial charge in [-0.25, -0.2) is 0 Å². The van der Waals surface area contributed by atoms with Crippen LogP contribution in [0.3, 0.4) is 0 Å². The van der Waals surface area contributed by atoms with E-state index >= 15 is 0 Å². The van der Waals surface area contributed by atoms with E-state index in [4.69, 9.17) is 9.84 Å². The van der Waals surface area contributed by atoms with E-state index in [1.54, 1.807) is 6.92 Å². The SMILES string of the molecule is CCOc1ccc(CCO)c(C(F)(F)F)c1. The molecule has 0 aliphatic carbocycles. The van der Waals surface area contributed by atoms with Crippen molar-refractivity contribution in [1.29, 1.82) is 0 Å². The molecule has 0 aromatic heterocycles. The number of ether oxygens (including phenoxy) is 1. The van der Waals surface area contributed by atoms with E-state index in [-0.39, 0.29) is 24.3 Å². The number of alkyl halides is 3. The minimum Gasteiger partial charge on any atom is -0.494 e. The van der Waals surface area contributed by atoms with Crippen molar-refractivity contribution in [3.63, 3.8) is 0 Å². The van der Waals surface area contributed by atoms with Crippen molar-refractivity contribution in [2.45, 2.75) is 19.5 Å². The minimum atomic E-state index is -4.42. The fraction of sp³-hybridized carbons (Fsp3) is 0.455. The normalized spacial score (nSPS) is 11.6.